The van der Waals surface area contributed by atoms with Crippen molar-refractivity contribution in [2.75, 3.05) is 11.9 Å². The summed E-state index contributed by atoms with van der Waals surface area (Å²) in [6, 6.07) is 0. The third kappa shape index (κ3) is 5.39. The van der Waals surface area contributed by atoms with E-state index >= 15 is 0 Å². The minimum Gasteiger partial charge on any atom is -0.312 e. The molecule has 0 atom stereocenters. The minimum absolute atomic E-state index is 0.971. The van der Waals surface area contributed by atoms with E-state index in [1.807, 2.05) is 11.7 Å². The number of thiazole rings is 1. The lowest BCUT2D eigenvalue weighted by molar-refractivity contribution is 0.622. The number of rotatable bonds is 7. The largest absolute Gasteiger partial charge is 0.312 e. The van der Waals surface area contributed by atoms with Crippen LogP contribution in [-0.4, -0.2) is 16.9 Å². The Hall–Kier alpha value is 0.0700. The second-order valence-corrected chi connectivity index (χ2v) is 4.66. The SMILES string of the molecule is BrCCCCCNCc1cncs1. The Morgan fingerprint density at radius 1 is 1.38 bits per heavy atom. The molecule has 0 spiro atoms. The zero-order valence-electron chi connectivity index (χ0n) is 7.63. The summed E-state index contributed by atoms with van der Waals surface area (Å²) in [5.41, 5.74) is 1.88. The average Bonchev–Trinajstić information content (AvgIpc) is 2.63. The zero-order valence-corrected chi connectivity index (χ0v) is 10.0. The first-order valence-electron chi connectivity index (χ1n) is 4.57. The average molecular weight is 263 g/mol. The van der Waals surface area contributed by atoms with Crippen molar-refractivity contribution in [1.29, 1.82) is 0 Å². The summed E-state index contributed by atoms with van der Waals surface area (Å²) < 4.78 is 0. The van der Waals surface area contributed by atoms with Gasteiger partial charge >= 0.3 is 0 Å². The van der Waals surface area contributed by atoms with Crippen LogP contribution >= 0.6 is 27.3 Å². The molecule has 4 heteroatoms. The molecule has 0 saturated carbocycles. The van der Waals surface area contributed by atoms with E-state index in [-0.39, 0.29) is 0 Å². The Morgan fingerprint density at radius 3 is 3.00 bits per heavy atom. The molecule has 0 fully saturated rings. The first-order chi connectivity index (χ1) is 6.43. The summed E-state index contributed by atoms with van der Waals surface area (Å²) in [7, 11) is 0. The normalized spacial score (nSPS) is 10.5. The van der Waals surface area contributed by atoms with Crippen molar-refractivity contribution < 1.29 is 0 Å². The first kappa shape index (κ1) is 11.1. The molecule has 13 heavy (non-hydrogen) atoms. The molecule has 0 amide bonds. The van der Waals surface area contributed by atoms with Gasteiger partial charge in [0.15, 0.2) is 0 Å². The summed E-state index contributed by atoms with van der Waals surface area (Å²) in [6.07, 6.45) is 5.78. The van der Waals surface area contributed by atoms with Crippen molar-refractivity contribution in [2.24, 2.45) is 0 Å². The Labute approximate surface area is 91.9 Å². The molecule has 74 valence electrons. The van der Waals surface area contributed by atoms with E-state index in [1.54, 1.807) is 11.3 Å². The van der Waals surface area contributed by atoms with E-state index < -0.39 is 0 Å². The van der Waals surface area contributed by atoms with Gasteiger partial charge in [0.05, 0.1) is 5.51 Å². The summed E-state index contributed by atoms with van der Waals surface area (Å²) in [5, 5.41) is 4.53. The standard InChI is InChI=1S/C9H15BrN2S/c10-4-2-1-3-5-11-6-9-7-12-8-13-9/h7-8,11H,1-6H2. The van der Waals surface area contributed by atoms with Crippen LogP contribution in [0.4, 0.5) is 0 Å². The molecule has 1 rings (SSSR count). The third-order valence-electron chi connectivity index (χ3n) is 1.77. The van der Waals surface area contributed by atoms with Gasteiger partial charge < -0.3 is 5.32 Å². The van der Waals surface area contributed by atoms with Gasteiger partial charge in [-0.15, -0.1) is 11.3 Å². The van der Waals surface area contributed by atoms with Gasteiger partial charge in [-0.3, -0.25) is 4.98 Å². The number of unbranched alkanes of at least 4 members (excludes halogenated alkanes) is 2. The highest BCUT2D eigenvalue weighted by atomic mass is 79.9. The third-order valence-corrected chi connectivity index (χ3v) is 3.11. The highest BCUT2D eigenvalue weighted by Crippen LogP contribution is 2.04. The van der Waals surface area contributed by atoms with E-state index in [4.69, 9.17) is 0 Å². The molecule has 1 heterocycles. The zero-order chi connectivity index (χ0) is 9.36. The predicted molar refractivity (Wildman–Crippen MR) is 61.5 cm³/mol. The lowest BCUT2D eigenvalue weighted by Gasteiger charge is -2.01. The quantitative estimate of drug-likeness (QED) is 0.604. The lowest BCUT2D eigenvalue weighted by Crippen LogP contribution is -2.13. The molecule has 0 radical (unpaired) electrons. The van der Waals surface area contributed by atoms with E-state index in [9.17, 15) is 0 Å². The van der Waals surface area contributed by atoms with Crippen LogP contribution in [0.1, 0.15) is 24.1 Å². The van der Waals surface area contributed by atoms with Crippen molar-refractivity contribution in [1.82, 2.24) is 10.3 Å². The molecule has 1 N–H and O–H groups in total. The van der Waals surface area contributed by atoms with Gasteiger partial charge in [-0.05, 0) is 19.4 Å². The Balaban J connectivity index is 1.90. The van der Waals surface area contributed by atoms with Gasteiger partial charge in [0.2, 0.25) is 0 Å². The summed E-state index contributed by atoms with van der Waals surface area (Å²) in [4.78, 5) is 5.34. The van der Waals surface area contributed by atoms with Crippen LogP contribution < -0.4 is 5.32 Å². The highest BCUT2D eigenvalue weighted by Gasteiger charge is 1.93. The maximum atomic E-state index is 4.02. The molecule has 1 aromatic rings. The number of alkyl halides is 1. The Kier molecular flexibility index (Phi) is 6.41. The van der Waals surface area contributed by atoms with Crippen molar-refractivity contribution >= 4 is 27.3 Å². The number of halogens is 1. The predicted octanol–water partition coefficient (Wildman–Crippen LogP) is 2.80. The van der Waals surface area contributed by atoms with Gasteiger partial charge in [-0.1, -0.05) is 22.4 Å². The summed E-state index contributed by atoms with van der Waals surface area (Å²) in [6.45, 7) is 2.09. The van der Waals surface area contributed by atoms with E-state index in [0.717, 1.165) is 18.4 Å². The molecule has 0 bridgehead atoms. The van der Waals surface area contributed by atoms with Crippen LogP contribution in [0.15, 0.2) is 11.7 Å². The number of hydrogen-bond acceptors (Lipinski definition) is 3. The van der Waals surface area contributed by atoms with Crippen LogP contribution in [0, 0.1) is 0 Å². The fourth-order valence-electron chi connectivity index (χ4n) is 1.06. The van der Waals surface area contributed by atoms with Gasteiger partial charge in [0.25, 0.3) is 0 Å². The van der Waals surface area contributed by atoms with Crippen molar-refractivity contribution in [3.05, 3.63) is 16.6 Å². The van der Waals surface area contributed by atoms with E-state index in [0.29, 0.717) is 0 Å². The smallest absolute Gasteiger partial charge is 0.0794 e. The fraction of sp³-hybridized carbons (Fsp3) is 0.667. The number of aromatic nitrogens is 1. The van der Waals surface area contributed by atoms with Crippen LogP contribution in [0.2, 0.25) is 0 Å². The molecular weight excluding hydrogens is 248 g/mol. The molecule has 0 aliphatic carbocycles. The molecular formula is C9H15BrN2S. The molecule has 2 nitrogen and oxygen atoms in total. The van der Waals surface area contributed by atoms with Crippen molar-refractivity contribution in [3.8, 4) is 0 Å². The molecule has 0 aliphatic rings. The molecule has 0 saturated heterocycles. The second-order valence-electron chi connectivity index (χ2n) is 2.89. The van der Waals surface area contributed by atoms with Crippen LogP contribution in [0.3, 0.4) is 0 Å². The summed E-state index contributed by atoms with van der Waals surface area (Å²) >= 11 is 5.13. The summed E-state index contributed by atoms with van der Waals surface area (Å²) in [5.74, 6) is 0. The second kappa shape index (κ2) is 7.47. The lowest BCUT2D eigenvalue weighted by atomic mass is 10.2. The van der Waals surface area contributed by atoms with Gasteiger partial charge in [0, 0.05) is 22.9 Å². The maximum absolute atomic E-state index is 4.02. The Morgan fingerprint density at radius 2 is 2.31 bits per heavy atom. The Bertz CT molecular complexity index is 201. The number of nitrogens with zero attached hydrogens (tertiary/aromatic N) is 1. The van der Waals surface area contributed by atoms with Crippen LogP contribution in [0.5, 0.6) is 0 Å². The number of nitrogens with one attached hydrogen (secondary N) is 1. The van der Waals surface area contributed by atoms with Gasteiger partial charge in [-0.2, -0.15) is 0 Å². The molecule has 0 unspecified atom stereocenters. The molecule has 1 aromatic heterocycles. The van der Waals surface area contributed by atoms with E-state index in [2.05, 4.69) is 26.2 Å². The maximum Gasteiger partial charge on any atom is 0.0794 e. The highest BCUT2D eigenvalue weighted by molar-refractivity contribution is 9.09. The number of hydrogen-bond donors (Lipinski definition) is 1. The van der Waals surface area contributed by atoms with Crippen LogP contribution in [-0.2, 0) is 6.54 Å². The fourth-order valence-corrected chi connectivity index (χ4v) is 2.02. The van der Waals surface area contributed by atoms with Gasteiger partial charge in [0.1, 0.15) is 0 Å². The topological polar surface area (TPSA) is 24.9 Å². The van der Waals surface area contributed by atoms with Gasteiger partial charge in [-0.25, -0.2) is 0 Å². The van der Waals surface area contributed by atoms with Crippen LogP contribution in [0.25, 0.3) is 0 Å². The molecule has 0 aliphatic heterocycles. The first-order valence-corrected chi connectivity index (χ1v) is 6.57. The molecule has 0 aromatic carbocycles. The van der Waals surface area contributed by atoms with Crippen molar-refractivity contribution in [2.45, 2.75) is 25.8 Å². The van der Waals surface area contributed by atoms with Crippen molar-refractivity contribution in [3.63, 3.8) is 0 Å². The minimum atomic E-state index is 0.971. The van der Waals surface area contributed by atoms with E-state index in [1.165, 1.54) is 24.1 Å². The monoisotopic (exact) mass is 262 g/mol.